The molecule has 2 aliphatic rings. The van der Waals surface area contributed by atoms with E-state index in [2.05, 4.69) is 27.1 Å². The van der Waals surface area contributed by atoms with Gasteiger partial charge in [0, 0.05) is 37.9 Å². The number of rotatable bonds is 4. The van der Waals surface area contributed by atoms with Crippen molar-refractivity contribution in [1.82, 2.24) is 15.2 Å². The van der Waals surface area contributed by atoms with Crippen LogP contribution in [0.5, 0.6) is 0 Å². The number of aliphatic hydroxyl groups is 1. The summed E-state index contributed by atoms with van der Waals surface area (Å²) in [4.78, 5) is 21.5. The molecule has 1 saturated heterocycles. The smallest absolute Gasteiger partial charge is 0.251 e. The van der Waals surface area contributed by atoms with Gasteiger partial charge in [-0.1, -0.05) is 12.8 Å². The van der Waals surface area contributed by atoms with Crippen molar-refractivity contribution in [3.05, 3.63) is 23.9 Å². The Morgan fingerprint density at radius 3 is 2.65 bits per heavy atom. The van der Waals surface area contributed by atoms with Crippen molar-refractivity contribution in [2.75, 3.05) is 44.7 Å². The molecule has 2 N–H and O–H groups in total. The van der Waals surface area contributed by atoms with Crippen LogP contribution < -0.4 is 10.2 Å². The van der Waals surface area contributed by atoms with E-state index in [0.29, 0.717) is 5.56 Å². The second-order valence-electron chi connectivity index (χ2n) is 6.79. The highest BCUT2D eigenvalue weighted by Crippen LogP contribution is 2.29. The molecule has 1 aromatic heterocycles. The third-order valence-electron chi connectivity index (χ3n) is 5.08. The highest BCUT2D eigenvalue weighted by Gasteiger charge is 2.34. The second-order valence-corrected chi connectivity index (χ2v) is 6.79. The van der Waals surface area contributed by atoms with Gasteiger partial charge in [-0.25, -0.2) is 4.98 Å². The summed E-state index contributed by atoms with van der Waals surface area (Å²) >= 11 is 0. The third kappa shape index (κ3) is 3.64. The maximum atomic E-state index is 12.6. The van der Waals surface area contributed by atoms with Crippen LogP contribution in [-0.2, 0) is 0 Å². The van der Waals surface area contributed by atoms with E-state index in [1.807, 2.05) is 6.07 Å². The Morgan fingerprint density at radius 2 is 2.00 bits per heavy atom. The van der Waals surface area contributed by atoms with Crippen LogP contribution in [0.4, 0.5) is 5.82 Å². The number of aromatic nitrogens is 1. The summed E-state index contributed by atoms with van der Waals surface area (Å²) in [5, 5.41) is 12.7. The number of likely N-dealkylation sites (N-methyl/N-ethyl adjacent to an activating group) is 1. The molecule has 0 spiro atoms. The summed E-state index contributed by atoms with van der Waals surface area (Å²) in [6.45, 7) is 3.87. The van der Waals surface area contributed by atoms with Crippen LogP contribution in [0.2, 0.25) is 0 Å². The maximum Gasteiger partial charge on any atom is 0.251 e. The number of nitrogens with one attached hydrogen (secondary N) is 1. The fourth-order valence-electron chi connectivity index (χ4n) is 3.46. The lowest BCUT2D eigenvalue weighted by molar-refractivity contribution is 0.0838. The average Bonchev–Trinajstić information content (AvgIpc) is 3.05. The van der Waals surface area contributed by atoms with Crippen molar-refractivity contribution >= 4 is 11.7 Å². The number of piperazine rings is 1. The summed E-state index contributed by atoms with van der Waals surface area (Å²) in [5.41, 5.74) is 0.183. The highest BCUT2D eigenvalue weighted by molar-refractivity contribution is 5.95. The lowest BCUT2D eigenvalue weighted by atomic mass is 9.98. The van der Waals surface area contributed by atoms with E-state index in [4.69, 9.17) is 0 Å². The van der Waals surface area contributed by atoms with Crippen LogP contribution in [0, 0.1) is 0 Å². The number of aliphatic hydroxyl groups excluding tert-OH is 1. The number of amides is 1. The minimum Gasteiger partial charge on any atom is -0.394 e. The molecule has 0 unspecified atom stereocenters. The molecule has 0 bridgehead atoms. The molecule has 1 aromatic rings. The highest BCUT2D eigenvalue weighted by atomic mass is 16.3. The average molecular weight is 318 g/mol. The Balaban J connectivity index is 1.70. The van der Waals surface area contributed by atoms with Crippen molar-refractivity contribution in [2.45, 2.75) is 31.2 Å². The van der Waals surface area contributed by atoms with Crippen LogP contribution >= 0.6 is 0 Å². The summed E-state index contributed by atoms with van der Waals surface area (Å²) in [6, 6.07) is 3.61. The lowest BCUT2D eigenvalue weighted by Crippen LogP contribution is -2.49. The maximum absolute atomic E-state index is 12.6. The number of hydrogen-bond acceptors (Lipinski definition) is 5. The van der Waals surface area contributed by atoms with Gasteiger partial charge in [-0.2, -0.15) is 0 Å². The standard InChI is InChI=1S/C17H26N4O2/c1-20-8-10-21(11-9-20)15-12-14(4-7-18-15)16(23)19-17(13-22)5-2-3-6-17/h4,7,12,22H,2-3,5-6,8-11,13H2,1H3,(H,19,23). The predicted molar refractivity (Wildman–Crippen MR) is 89.7 cm³/mol. The summed E-state index contributed by atoms with van der Waals surface area (Å²) in [7, 11) is 2.12. The van der Waals surface area contributed by atoms with E-state index in [1.165, 1.54) is 0 Å². The zero-order valence-electron chi connectivity index (χ0n) is 13.8. The molecule has 0 radical (unpaired) electrons. The Bertz CT molecular complexity index is 549. The zero-order chi connectivity index (χ0) is 16.3. The lowest BCUT2D eigenvalue weighted by Gasteiger charge is -2.33. The molecule has 0 atom stereocenters. The Labute approximate surface area is 137 Å². The van der Waals surface area contributed by atoms with Gasteiger partial charge >= 0.3 is 0 Å². The number of anilines is 1. The minimum absolute atomic E-state index is 0.00907. The molecule has 2 heterocycles. The minimum atomic E-state index is -0.436. The van der Waals surface area contributed by atoms with E-state index in [0.717, 1.165) is 57.7 Å². The predicted octanol–water partition coefficient (Wildman–Crippen LogP) is 0.868. The number of hydrogen-bond donors (Lipinski definition) is 2. The molecule has 23 heavy (non-hydrogen) atoms. The van der Waals surface area contributed by atoms with Gasteiger partial charge in [0.1, 0.15) is 5.82 Å². The number of pyridine rings is 1. The van der Waals surface area contributed by atoms with Crippen LogP contribution in [-0.4, -0.2) is 66.3 Å². The normalized spacial score (nSPS) is 21.4. The van der Waals surface area contributed by atoms with Crippen LogP contribution in [0.3, 0.4) is 0 Å². The number of nitrogens with zero attached hydrogens (tertiary/aromatic N) is 3. The van der Waals surface area contributed by atoms with Gasteiger partial charge in [0.2, 0.25) is 0 Å². The quantitative estimate of drug-likeness (QED) is 0.862. The van der Waals surface area contributed by atoms with E-state index < -0.39 is 5.54 Å². The van der Waals surface area contributed by atoms with Crippen LogP contribution in [0.15, 0.2) is 18.3 Å². The molecule has 6 nitrogen and oxygen atoms in total. The molecule has 1 saturated carbocycles. The van der Waals surface area contributed by atoms with Gasteiger partial charge < -0.3 is 20.2 Å². The Hall–Kier alpha value is -1.66. The first-order valence-electron chi connectivity index (χ1n) is 8.45. The summed E-state index contributed by atoms with van der Waals surface area (Å²) < 4.78 is 0. The fraction of sp³-hybridized carbons (Fsp3) is 0.647. The molecule has 1 aliphatic carbocycles. The van der Waals surface area contributed by atoms with Crippen LogP contribution in [0.25, 0.3) is 0 Å². The van der Waals surface area contributed by atoms with Gasteiger partial charge in [0.05, 0.1) is 12.1 Å². The van der Waals surface area contributed by atoms with Gasteiger partial charge in [0.15, 0.2) is 0 Å². The topological polar surface area (TPSA) is 68.7 Å². The Morgan fingerprint density at radius 1 is 1.30 bits per heavy atom. The van der Waals surface area contributed by atoms with Crippen molar-refractivity contribution in [1.29, 1.82) is 0 Å². The summed E-state index contributed by atoms with van der Waals surface area (Å²) in [5.74, 6) is 0.744. The molecule has 1 aliphatic heterocycles. The molecule has 2 fully saturated rings. The van der Waals surface area contributed by atoms with Crippen molar-refractivity contribution in [2.24, 2.45) is 0 Å². The number of carbonyl (C=O) groups is 1. The first-order valence-corrected chi connectivity index (χ1v) is 8.45. The fourth-order valence-corrected chi connectivity index (χ4v) is 3.46. The molecule has 6 heteroatoms. The Kier molecular flexibility index (Phi) is 4.82. The molecule has 126 valence electrons. The monoisotopic (exact) mass is 318 g/mol. The van der Waals surface area contributed by atoms with Gasteiger partial charge in [-0.3, -0.25) is 4.79 Å². The van der Waals surface area contributed by atoms with Crippen LogP contribution in [0.1, 0.15) is 36.0 Å². The van der Waals surface area contributed by atoms with Gasteiger partial charge in [0.25, 0.3) is 5.91 Å². The van der Waals surface area contributed by atoms with E-state index in [-0.39, 0.29) is 12.5 Å². The van der Waals surface area contributed by atoms with Crippen molar-refractivity contribution in [3.63, 3.8) is 0 Å². The van der Waals surface area contributed by atoms with Crippen molar-refractivity contribution in [3.8, 4) is 0 Å². The van der Waals surface area contributed by atoms with Crippen molar-refractivity contribution < 1.29 is 9.90 Å². The first-order chi connectivity index (χ1) is 11.1. The van der Waals surface area contributed by atoms with E-state index in [1.54, 1.807) is 12.3 Å². The summed E-state index contributed by atoms with van der Waals surface area (Å²) in [6.07, 6.45) is 5.52. The van der Waals surface area contributed by atoms with Gasteiger partial charge in [-0.05, 0) is 32.0 Å². The molecular weight excluding hydrogens is 292 g/mol. The number of carbonyl (C=O) groups excluding carboxylic acids is 1. The second kappa shape index (κ2) is 6.84. The SMILES string of the molecule is CN1CCN(c2cc(C(=O)NC3(CO)CCCC3)ccn2)CC1. The van der Waals surface area contributed by atoms with E-state index >= 15 is 0 Å². The van der Waals surface area contributed by atoms with E-state index in [9.17, 15) is 9.90 Å². The first kappa shape index (κ1) is 16.2. The molecule has 3 rings (SSSR count). The molecule has 0 aromatic carbocycles. The molecule has 1 amide bonds. The van der Waals surface area contributed by atoms with Gasteiger partial charge in [-0.15, -0.1) is 0 Å². The third-order valence-corrected chi connectivity index (χ3v) is 5.08. The zero-order valence-corrected chi connectivity index (χ0v) is 13.8. The molecular formula is C17H26N4O2. The largest absolute Gasteiger partial charge is 0.394 e.